The van der Waals surface area contributed by atoms with Crippen LogP contribution in [0.4, 0.5) is 0 Å². The van der Waals surface area contributed by atoms with Crippen LogP contribution in [0.3, 0.4) is 0 Å². The Kier molecular flexibility index (Phi) is 66.9. The summed E-state index contributed by atoms with van der Waals surface area (Å²) in [5.41, 5.74) is 0. The number of esters is 1. The summed E-state index contributed by atoms with van der Waals surface area (Å²) in [7, 11) is 0. The van der Waals surface area contributed by atoms with Crippen molar-refractivity contribution in [3.05, 3.63) is 12.2 Å². The Bertz CT molecular complexity index is 1180. The topological polar surface area (TPSA) is 95.9 Å². The molecule has 0 radical (unpaired) electrons. The fourth-order valence-corrected chi connectivity index (χ4v) is 11.6. The normalized spacial score (nSPS) is 12.5. The van der Waals surface area contributed by atoms with Crippen LogP contribution >= 0.6 is 0 Å². The summed E-state index contributed by atoms with van der Waals surface area (Å²) in [5, 5.41) is 23.4. The highest BCUT2D eigenvalue weighted by molar-refractivity contribution is 5.76. The maximum Gasteiger partial charge on any atom is 0.305 e. The average molecular weight is 1100 g/mol. The first kappa shape index (κ1) is 76.6. The van der Waals surface area contributed by atoms with Crippen LogP contribution in [-0.2, 0) is 14.3 Å². The number of carbonyl (C=O) groups is 2. The van der Waals surface area contributed by atoms with Crippen molar-refractivity contribution < 1.29 is 24.5 Å². The molecule has 464 valence electrons. The second-order valence-electron chi connectivity index (χ2n) is 24.9. The fourth-order valence-electron chi connectivity index (χ4n) is 11.6. The molecule has 0 fully saturated rings. The number of aliphatic hydroxyl groups excluding tert-OH is 2. The monoisotopic (exact) mass is 1100 g/mol. The SMILES string of the molecule is CCCCCCCCCCCCCCCCCCCCCC(=O)OCCCCCCCCCCCCCC/C=C\CCCCCCCCCCCC(=O)NC(CO)C(O)CCCCCCCCCCCCCCCCCCC. The number of aliphatic hydroxyl groups is 2. The number of nitrogens with one attached hydrogen (secondary N) is 1. The van der Waals surface area contributed by atoms with E-state index in [-0.39, 0.29) is 18.5 Å². The van der Waals surface area contributed by atoms with Crippen LogP contribution < -0.4 is 5.32 Å². The summed E-state index contributed by atoms with van der Waals surface area (Å²) in [6.07, 6.45) is 84.0. The van der Waals surface area contributed by atoms with Gasteiger partial charge in [0.15, 0.2) is 0 Å². The highest BCUT2D eigenvalue weighted by Crippen LogP contribution is 2.19. The second kappa shape index (κ2) is 68.1. The summed E-state index contributed by atoms with van der Waals surface area (Å²) >= 11 is 0. The molecule has 2 unspecified atom stereocenters. The minimum absolute atomic E-state index is 0.0194. The van der Waals surface area contributed by atoms with Gasteiger partial charge in [-0.05, 0) is 51.4 Å². The molecule has 1 amide bonds. The molecule has 6 nitrogen and oxygen atoms in total. The van der Waals surface area contributed by atoms with Crippen LogP contribution in [0.25, 0.3) is 0 Å². The zero-order valence-corrected chi connectivity index (χ0v) is 53.2. The number of hydrogen-bond donors (Lipinski definition) is 3. The van der Waals surface area contributed by atoms with E-state index in [0.717, 1.165) is 38.5 Å². The number of carbonyl (C=O) groups excluding carboxylic acids is 2. The van der Waals surface area contributed by atoms with Gasteiger partial charge < -0.3 is 20.3 Å². The first-order valence-electron chi connectivity index (χ1n) is 35.9. The van der Waals surface area contributed by atoms with E-state index in [1.807, 2.05) is 0 Å². The third kappa shape index (κ3) is 63.8. The van der Waals surface area contributed by atoms with Crippen LogP contribution in [0.5, 0.6) is 0 Å². The molecule has 0 aliphatic carbocycles. The van der Waals surface area contributed by atoms with Gasteiger partial charge in [-0.25, -0.2) is 0 Å². The van der Waals surface area contributed by atoms with E-state index in [4.69, 9.17) is 4.74 Å². The molecule has 0 aliphatic heterocycles. The van der Waals surface area contributed by atoms with Crippen molar-refractivity contribution in [2.75, 3.05) is 13.2 Å². The maximum atomic E-state index is 12.5. The van der Waals surface area contributed by atoms with Crippen molar-refractivity contribution >= 4 is 11.9 Å². The van der Waals surface area contributed by atoms with E-state index in [1.54, 1.807) is 0 Å². The molecule has 0 rings (SSSR count). The lowest BCUT2D eigenvalue weighted by atomic mass is 10.0. The minimum atomic E-state index is -0.666. The molecule has 0 saturated heterocycles. The van der Waals surface area contributed by atoms with E-state index in [2.05, 4.69) is 31.3 Å². The van der Waals surface area contributed by atoms with Gasteiger partial charge in [-0.15, -0.1) is 0 Å². The molecule has 78 heavy (non-hydrogen) atoms. The molecule has 0 saturated carbocycles. The molecule has 6 heteroatoms. The van der Waals surface area contributed by atoms with Gasteiger partial charge in [0.1, 0.15) is 0 Å². The quantitative estimate of drug-likeness (QED) is 0.0320. The van der Waals surface area contributed by atoms with E-state index in [9.17, 15) is 19.8 Å². The molecule has 0 aromatic heterocycles. The molecule has 0 aliphatic rings. The Morgan fingerprint density at radius 1 is 0.346 bits per heavy atom. The lowest BCUT2D eigenvalue weighted by molar-refractivity contribution is -0.143. The van der Waals surface area contributed by atoms with Crippen LogP contribution in [0.15, 0.2) is 12.2 Å². The van der Waals surface area contributed by atoms with Crippen molar-refractivity contribution in [2.45, 2.75) is 424 Å². The number of rotatable bonds is 68. The molecule has 0 aromatic carbocycles. The molecule has 0 heterocycles. The van der Waals surface area contributed by atoms with Gasteiger partial charge in [-0.2, -0.15) is 0 Å². The zero-order chi connectivity index (χ0) is 56.4. The van der Waals surface area contributed by atoms with Crippen molar-refractivity contribution in [3.8, 4) is 0 Å². The van der Waals surface area contributed by atoms with Gasteiger partial charge in [0.05, 0.1) is 25.4 Å². The number of allylic oxidation sites excluding steroid dienone is 2. The Balaban J connectivity index is 3.36. The lowest BCUT2D eigenvalue weighted by Gasteiger charge is -2.22. The molecular formula is C72H141NO5. The Morgan fingerprint density at radius 2 is 0.603 bits per heavy atom. The van der Waals surface area contributed by atoms with Crippen LogP contribution in [-0.4, -0.2) is 47.4 Å². The summed E-state index contributed by atoms with van der Waals surface area (Å²) in [5.74, 6) is -0.0147. The van der Waals surface area contributed by atoms with Crippen molar-refractivity contribution in [2.24, 2.45) is 0 Å². The smallest absolute Gasteiger partial charge is 0.305 e. The molecule has 0 spiro atoms. The molecule has 2 atom stereocenters. The van der Waals surface area contributed by atoms with E-state index >= 15 is 0 Å². The Morgan fingerprint density at radius 3 is 0.910 bits per heavy atom. The molecular weight excluding hydrogens is 959 g/mol. The number of hydrogen-bond acceptors (Lipinski definition) is 5. The maximum absolute atomic E-state index is 12.5. The molecule has 0 bridgehead atoms. The average Bonchev–Trinajstić information content (AvgIpc) is 3.44. The Labute approximate surface area is 489 Å². The lowest BCUT2D eigenvalue weighted by Crippen LogP contribution is -2.45. The van der Waals surface area contributed by atoms with Gasteiger partial charge in [0.25, 0.3) is 0 Å². The summed E-state index contributed by atoms with van der Waals surface area (Å²) in [6.45, 7) is 5.00. The first-order chi connectivity index (χ1) is 38.5. The molecule has 3 N–H and O–H groups in total. The number of amides is 1. The van der Waals surface area contributed by atoms with Crippen molar-refractivity contribution in [3.63, 3.8) is 0 Å². The highest BCUT2D eigenvalue weighted by atomic mass is 16.5. The van der Waals surface area contributed by atoms with Crippen LogP contribution in [0.1, 0.15) is 412 Å². The third-order valence-corrected chi connectivity index (χ3v) is 17.1. The first-order valence-corrected chi connectivity index (χ1v) is 35.9. The summed E-state index contributed by atoms with van der Waals surface area (Å²) in [4.78, 5) is 24.6. The van der Waals surface area contributed by atoms with Gasteiger partial charge in [-0.3, -0.25) is 9.59 Å². The predicted octanol–water partition coefficient (Wildman–Crippen LogP) is 23.1. The van der Waals surface area contributed by atoms with E-state index in [0.29, 0.717) is 25.9 Å². The molecule has 0 aromatic rings. The van der Waals surface area contributed by atoms with Crippen molar-refractivity contribution in [1.82, 2.24) is 5.32 Å². The predicted molar refractivity (Wildman–Crippen MR) is 343 cm³/mol. The van der Waals surface area contributed by atoms with Crippen LogP contribution in [0, 0.1) is 0 Å². The van der Waals surface area contributed by atoms with Gasteiger partial charge in [-0.1, -0.05) is 360 Å². The summed E-state index contributed by atoms with van der Waals surface area (Å²) < 4.78 is 5.51. The third-order valence-electron chi connectivity index (χ3n) is 17.1. The largest absolute Gasteiger partial charge is 0.466 e. The van der Waals surface area contributed by atoms with Gasteiger partial charge in [0, 0.05) is 12.8 Å². The van der Waals surface area contributed by atoms with E-state index < -0.39 is 12.1 Å². The van der Waals surface area contributed by atoms with Gasteiger partial charge >= 0.3 is 5.97 Å². The Hall–Kier alpha value is -1.40. The number of unbranched alkanes of at least 4 members (excludes halogenated alkanes) is 55. The van der Waals surface area contributed by atoms with Gasteiger partial charge in [0.2, 0.25) is 5.91 Å². The van der Waals surface area contributed by atoms with Crippen LogP contribution in [0.2, 0.25) is 0 Å². The fraction of sp³-hybridized carbons (Fsp3) is 0.944. The minimum Gasteiger partial charge on any atom is -0.466 e. The standard InChI is InChI=1S/C72H141NO5/c1-3-5-7-9-11-13-15-17-19-21-29-34-38-42-46-50-54-58-62-66-72(77)78-67-63-59-55-51-47-43-39-35-31-28-26-24-22-23-25-27-30-33-37-41-45-49-53-57-61-65-71(76)73-69(68-74)70(75)64-60-56-52-48-44-40-36-32-20-18-16-14-12-10-8-6-4-2/h23,25,69-70,74-75H,3-22,24,26-68H2,1-2H3,(H,73,76)/b25-23-. The highest BCUT2D eigenvalue weighted by Gasteiger charge is 2.20. The number of ether oxygens (including phenoxy) is 1. The summed E-state index contributed by atoms with van der Waals surface area (Å²) in [6, 6.07) is -0.543. The van der Waals surface area contributed by atoms with Crippen molar-refractivity contribution in [1.29, 1.82) is 0 Å². The zero-order valence-electron chi connectivity index (χ0n) is 53.2. The van der Waals surface area contributed by atoms with E-state index in [1.165, 1.54) is 340 Å². The second-order valence-corrected chi connectivity index (χ2v) is 24.9.